The summed E-state index contributed by atoms with van der Waals surface area (Å²) in [6, 6.07) is 2.23. The molecule has 0 aliphatic heterocycles. The highest BCUT2D eigenvalue weighted by molar-refractivity contribution is 5.50. The summed E-state index contributed by atoms with van der Waals surface area (Å²) in [6.45, 7) is 1.49. The Morgan fingerprint density at radius 2 is 2.00 bits per heavy atom. The Bertz CT molecular complexity index is 372. The van der Waals surface area contributed by atoms with E-state index in [0.717, 1.165) is 25.1 Å². The van der Waals surface area contributed by atoms with E-state index in [1.165, 1.54) is 7.11 Å². The molecule has 96 valence electrons. The number of methoxy groups -OCH3 is 1. The monoisotopic (exact) mass is 244 g/mol. The summed E-state index contributed by atoms with van der Waals surface area (Å²) in [4.78, 5) is 1.69. The average molecular weight is 244 g/mol. The van der Waals surface area contributed by atoms with Crippen LogP contribution in [0, 0.1) is 11.6 Å². The molecule has 0 aliphatic rings. The molecule has 0 aromatic heterocycles. The zero-order valence-corrected chi connectivity index (χ0v) is 10.4. The smallest absolute Gasteiger partial charge is 0.167 e. The maximum Gasteiger partial charge on any atom is 0.167 e. The Kier molecular flexibility index (Phi) is 5.15. The average Bonchev–Trinajstić information content (AvgIpc) is 2.31. The van der Waals surface area contributed by atoms with Crippen LogP contribution in [0.1, 0.15) is 6.42 Å². The van der Waals surface area contributed by atoms with E-state index in [1.54, 1.807) is 11.9 Å². The Hall–Kier alpha value is -1.36. The molecule has 1 aromatic rings. The first kappa shape index (κ1) is 13.7. The zero-order valence-electron chi connectivity index (χ0n) is 10.4. The number of nitrogens with one attached hydrogen (secondary N) is 1. The number of hydrogen-bond acceptors (Lipinski definition) is 3. The Labute approximate surface area is 100 Å². The lowest BCUT2D eigenvalue weighted by Crippen LogP contribution is -2.23. The molecule has 0 fully saturated rings. The number of rotatable bonds is 6. The lowest BCUT2D eigenvalue weighted by Gasteiger charge is -2.20. The molecule has 1 rings (SSSR count). The Morgan fingerprint density at radius 3 is 2.59 bits per heavy atom. The first-order chi connectivity index (χ1) is 8.10. The van der Waals surface area contributed by atoms with Gasteiger partial charge in [-0.05, 0) is 20.0 Å². The summed E-state index contributed by atoms with van der Waals surface area (Å²) in [5.74, 6) is -1.10. The van der Waals surface area contributed by atoms with E-state index < -0.39 is 11.6 Å². The molecular weight excluding hydrogens is 226 g/mol. The van der Waals surface area contributed by atoms with Crippen molar-refractivity contribution in [3.05, 3.63) is 23.8 Å². The van der Waals surface area contributed by atoms with E-state index >= 15 is 0 Å². The van der Waals surface area contributed by atoms with Gasteiger partial charge in [0.25, 0.3) is 0 Å². The lowest BCUT2D eigenvalue weighted by molar-refractivity contribution is 0.383. The molecule has 17 heavy (non-hydrogen) atoms. The second-order valence-electron chi connectivity index (χ2n) is 3.82. The standard InChI is InChI=1S/C12H18F2N2O/c1-15-5-4-6-16(2)11-7-10(14)12(17-3)8-9(11)13/h7-8,15H,4-6H2,1-3H3. The van der Waals surface area contributed by atoms with Gasteiger partial charge >= 0.3 is 0 Å². The molecule has 3 nitrogen and oxygen atoms in total. The van der Waals surface area contributed by atoms with Crippen LogP contribution in [0.5, 0.6) is 5.75 Å². The van der Waals surface area contributed by atoms with Crippen molar-refractivity contribution >= 4 is 5.69 Å². The molecule has 0 aliphatic carbocycles. The van der Waals surface area contributed by atoms with Gasteiger partial charge < -0.3 is 15.0 Å². The normalized spacial score (nSPS) is 10.4. The number of benzene rings is 1. The van der Waals surface area contributed by atoms with E-state index in [2.05, 4.69) is 5.32 Å². The Morgan fingerprint density at radius 1 is 1.29 bits per heavy atom. The number of ether oxygens (including phenoxy) is 1. The molecule has 0 spiro atoms. The fourth-order valence-corrected chi connectivity index (χ4v) is 1.58. The van der Waals surface area contributed by atoms with Crippen LogP contribution in [0.25, 0.3) is 0 Å². The van der Waals surface area contributed by atoms with Crippen LogP contribution in [-0.2, 0) is 0 Å². The van der Waals surface area contributed by atoms with Gasteiger partial charge in [-0.25, -0.2) is 8.78 Å². The van der Waals surface area contributed by atoms with Crippen molar-refractivity contribution in [1.82, 2.24) is 5.32 Å². The maximum atomic E-state index is 13.7. The molecular formula is C12H18F2N2O. The van der Waals surface area contributed by atoms with E-state index in [9.17, 15) is 8.78 Å². The predicted octanol–water partition coefficient (Wildman–Crippen LogP) is 2.02. The summed E-state index contributed by atoms with van der Waals surface area (Å²) in [5.41, 5.74) is 0.249. The van der Waals surface area contributed by atoms with Gasteiger partial charge in [0.1, 0.15) is 5.82 Å². The van der Waals surface area contributed by atoms with Crippen molar-refractivity contribution in [3.63, 3.8) is 0 Å². The molecule has 0 saturated carbocycles. The maximum absolute atomic E-state index is 13.7. The van der Waals surface area contributed by atoms with Gasteiger partial charge in [-0.1, -0.05) is 0 Å². The Balaban J connectivity index is 2.79. The summed E-state index contributed by atoms with van der Waals surface area (Å²) < 4.78 is 31.8. The van der Waals surface area contributed by atoms with Gasteiger partial charge in [-0.3, -0.25) is 0 Å². The van der Waals surface area contributed by atoms with Crippen LogP contribution < -0.4 is 15.0 Å². The van der Waals surface area contributed by atoms with E-state index in [-0.39, 0.29) is 11.4 Å². The van der Waals surface area contributed by atoms with Crippen molar-refractivity contribution in [1.29, 1.82) is 0 Å². The number of hydrogen-bond donors (Lipinski definition) is 1. The quantitative estimate of drug-likeness (QED) is 0.775. The molecule has 0 bridgehead atoms. The second-order valence-corrected chi connectivity index (χ2v) is 3.82. The highest BCUT2D eigenvalue weighted by atomic mass is 19.1. The van der Waals surface area contributed by atoms with E-state index in [0.29, 0.717) is 6.54 Å². The molecule has 1 aromatic carbocycles. The van der Waals surface area contributed by atoms with Crippen LogP contribution in [0.3, 0.4) is 0 Å². The highest BCUT2D eigenvalue weighted by Crippen LogP contribution is 2.26. The molecule has 0 unspecified atom stereocenters. The van der Waals surface area contributed by atoms with Crippen LogP contribution in [-0.4, -0.2) is 34.3 Å². The third-order valence-electron chi connectivity index (χ3n) is 2.55. The third kappa shape index (κ3) is 3.56. The van der Waals surface area contributed by atoms with Crippen LogP contribution in [0.15, 0.2) is 12.1 Å². The summed E-state index contributed by atoms with van der Waals surface area (Å²) in [6.07, 6.45) is 0.861. The summed E-state index contributed by atoms with van der Waals surface area (Å²) in [7, 11) is 4.90. The van der Waals surface area contributed by atoms with Gasteiger partial charge in [0.05, 0.1) is 12.8 Å². The molecule has 0 heterocycles. The first-order valence-corrected chi connectivity index (χ1v) is 5.49. The van der Waals surface area contributed by atoms with Crippen molar-refractivity contribution < 1.29 is 13.5 Å². The van der Waals surface area contributed by atoms with Crippen molar-refractivity contribution in [3.8, 4) is 5.75 Å². The first-order valence-electron chi connectivity index (χ1n) is 5.49. The minimum atomic E-state index is -0.552. The van der Waals surface area contributed by atoms with Crippen molar-refractivity contribution in [2.45, 2.75) is 6.42 Å². The van der Waals surface area contributed by atoms with Gasteiger partial charge in [0.2, 0.25) is 0 Å². The zero-order chi connectivity index (χ0) is 12.8. The van der Waals surface area contributed by atoms with E-state index in [4.69, 9.17) is 4.74 Å². The number of anilines is 1. The lowest BCUT2D eigenvalue weighted by atomic mass is 10.2. The second kappa shape index (κ2) is 6.39. The number of halogens is 2. The van der Waals surface area contributed by atoms with Crippen LogP contribution in [0.2, 0.25) is 0 Å². The largest absolute Gasteiger partial charge is 0.494 e. The van der Waals surface area contributed by atoms with Gasteiger partial charge in [0.15, 0.2) is 11.6 Å². The fraction of sp³-hybridized carbons (Fsp3) is 0.500. The van der Waals surface area contributed by atoms with Crippen LogP contribution in [0.4, 0.5) is 14.5 Å². The molecule has 0 saturated heterocycles. The third-order valence-corrected chi connectivity index (χ3v) is 2.55. The molecule has 0 atom stereocenters. The minimum Gasteiger partial charge on any atom is -0.494 e. The summed E-state index contributed by atoms with van der Waals surface area (Å²) in [5, 5.41) is 3.00. The molecule has 1 N–H and O–H groups in total. The highest BCUT2D eigenvalue weighted by Gasteiger charge is 2.13. The van der Waals surface area contributed by atoms with E-state index in [1.807, 2.05) is 7.05 Å². The van der Waals surface area contributed by atoms with Crippen molar-refractivity contribution in [2.75, 3.05) is 39.2 Å². The van der Waals surface area contributed by atoms with Crippen LogP contribution >= 0.6 is 0 Å². The molecule has 0 amide bonds. The van der Waals surface area contributed by atoms with Crippen molar-refractivity contribution in [2.24, 2.45) is 0 Å². The topological polar surface area (TPSA) is 24.5 Å². The SMILES string of the molecule is CNCCCN(C)c1cc(F)c(OC)cc1F. The fourth-order valence-electron chi connectivity index (χ4n) is 1.58. The molecule has 5 heteroatoms. The number of nitrogens with zero attached hydrogens (tertiary/aromatic N) is 1. The molecule has 0 radical (unpaired) electrons. The predicted molar refractivity (Wildman–Crippen MR) is 64.7 cm³/mol. The minimum absolute atomic E-state index is 0.0742. The van der Waals surface area contributed by atoms with Gasteiger partial charge in [-0.15, -0.1) is 0 Å². The van der Waals surface area contributed by atoms with Gasteiger partial charge in [0, 0.05) is 25.7 Å². The van der Waals surface area contributed by atoms with Gasteiger partial charge in [-0.2, -0.15) is 0 Å². The summed E-state index contributed by atoms with van der Waals surface area (Å²) >= 11 is 0.